The Kier molecular flexibility index (Phi) is 5.84. The normalized spacial score (nSPS) is 17.9. The van der Waals surface area contributed by atoms with Gasteiger partial charge >= 0.3 is 0 Å². The molecular weight excluding hydrogens is 253 g/mol. The maximum Gasteiger partial charge on any atom is 0.123 e. The van der Waals surface area contributed by atoms with E-state index in [2.05, 4.69) is 12.2 Å². The lowest BCUT2D eigenvalue weighted by atomic mass is 9.84. The van der Waals surface area contributed by atoms with Crippen molar-refractivity contribution in [2.24, 2.45) is 5.92 Å². The fraction of sp³-hybridized carbons (Fsp3) is 0.647. The highest BCUT2D eigenvalue weighted by Gasteiger charge is 2.23. The van der Waals surface area contributed by atoms with Crippen molar-refractivity contribution in [3.8, 4) is 5.75 Å². The van der Waals surface area contributed by atoms with Crippen molar-refractivity contribution in [1.82, 2.24) is 5.32 Å². The molecule has 1 aliphatic carbocycles. The molecule has 1 aromatic rings. The second-order valence-electron chi connectivity index (χ2n) is 5.78. The number of nitrogens with one attached hydrogen (secondary N) is 1. The van der Waals surface area contributed by atoms with Crippen molar-refractivity contribution in [3.05, 3.63) is 29.6 Å². The third-order valence-corrected chi connectivity index (χ3v) is 4.24. The average molecular weight is 279 g/mol. The van der Waals surface area contributed by atoms with Crippen LogP contribution < -0.4 is 10.1 Å². The molecular formula is C17H26FNO. The zero-order valence-corrected chi connectivity index (χ0v) is 12.6. The predicted octanol–water partition coefficient (Wildman–Crippen LogP) is 4.07. The molecule has 1 aliphatic rings. The summed E-state index contributed by atoms with van der Waals surface area (Å²) in [7, 11) is 0. The molecule has 3 heteroatoms. The first-order valence-electron chi connectivity index (χ1n) is 7.83. The molecule has 1 atom stereocenters. The van der Waals surface area contributed by atoms with Gasteiger partial charge in [0.25, 0.3) is 0 Å². The smallest absolute Gasteiger partial charge is 0.123 e. The van der Waals surface area contributed by atoms with Crippen molar-refractivity contribution < 1.29 is 9.13 Å². The largest absolute Gasteiger partial charge is 0.492 e. The number of aryl methyl sites for hydroxylation is 1. The van der Waals surface area contributed by atoms with Gasteiger partial charge in [-0.1, -0.05) is 26.2 Å². The Bertz CT molecular complexity index is 415. The molecule has 1 N–H and O–H groups in total. The van der Waals surface area contributed by atoms with Crippen molar-refractivity contribution in [1.29, 1.82) is 0 Å². The van der Waals surface area contributed by atoms with Crippen LogP contribution in [0.4, 0.5) is 4.39 Å². The van der Waals surface area contributed by atoms with E-state index in [0.29, 0.717) is 18.6 Å². The SMILES string of the molecule is CCNC(COc1ccc(F)cc1C)C1CCCCC1. The summed E-state index contributed by atoms with van der Waals surface area (Å²) in [4.78, 5) is 0. The van der Waals surface area contributed by atoms with Crippen LogP contribution in [0.2, 0.25) is 0 Å². The molecule has 0 heterocycles. The number of hydrogen-bond acceptors (Lipinski definition) is 2. The molecule has 0 amide bonds. The van der Waals surface area contributed by atoms with Gasteiger partial charge in [-0.3, -0.25) is 0 Å². The minimum absolute atomic E-state index is 0.203. The molecule has 2 rings (SSSR count). The second kappa shape index (κ2) is 7.63. The molecule has 1 unspecified atom stereocenters. The van der Waals surface area contributed by atoms with E-state index in [1.54, 1.807) is 6.07 Å². The highest BCUT2D eigenvalue weighted by atomic mass is 19.1. The zero-order valence-electron chi connectivity index (χ0n) is 12.6. The van der Waals surface area contributed by atoms with Crippen molar-refractivity contribution in [2.45, 2.75) is 52.0 Å². The van der Waals surface area contributed by atoms with Crippen LogP contribution in [0.3, 0.4) is 0 Å². The fourth-order valence-electron chi connectivity index (χ4n) is 3.11. The highest BCUT2D eigenvalue weighted by Crippen LogP contribution is 2.27. The maximum absolute atomic E-state index is 13.1. The van der Waals surface area contributed by atoms with Gasteiger partial charge in [-0.05, 0) is 56.0 Å². The van der Waals surface area contributed by atoms with Gasteiger partial charge in [0.15, 0.2) is 0 Å². The lowest BCUT2D eigenvalue weighted by Gasteiger charge is -2.31. The van der Waals surface area contributed by atoms with Gasteiger partial charge in [0.2, 0.25) is 0 Å². The van der Waals surface area contributed by atoms with E-state index in [1.165, 1.54) is 44.2 Å². The van der Waals surface area contributed by atoms with Gasteiger partial charge in [0.1, 0.15) is 18.2 Å². The van der Waals surface area contributed by atoms with Gasteiger partial charge in [-0.25, -0.2) is 4.39 Å². The minimum atomic E-state index is -0.203. The lowest BCUT2D eigenvalue weighted by molar-refractivity contribution is 0.187. The molecule has 112 valence electrons. The molecule has 0 saturated heterocycles. The van der Waals surface area contributed by atoms with Crippen LogP contribution in [-0.2, 0) is 0 Å². The van der Waals surface area contributed by atoms with E-state index in [-0.39, 0.29) is 5.82 Å². The number of rotatable bonds is 6. The summed E-state index contributed by atoms with van der Waals surface area (Å²) in [5, 5.41) is 3.55. The highest BCUT2D eigenvalue weighted by molar-refractivity contribution is 5.32. The number of hydrogen-bond donors (Lipinski definition) is 1. The summed E-state index contributed by atoms with van der Waals surface area (Å²) in [6, 6.07) is 5.13. The van der Waals surface area contributed by atoms with E-state index >= 15 is 0 Å². The van der Waals surface area contributed by atoms with Gasteiger partial charge in [0.05, 0.1) is 0 Å². The topological polar surface area (TPSA) is 21.3 Å². The van der Waals surface area contributed by atoms with Gasteiger partial charge in [-0.2, -0.15) is 0 Å². The summed E-state index contributed by atoms with van der Waals surface area (Å²) < 4.78 is 19.0. The Morgan fingerprint density at radius 1 is 1.30 bits per heavy atom. The van der Waals surface area contributed by atoms with Crippen LogP contribution in [0.1, 0.15) is 44.6 Å². The summed E-state index contributed by atoms with van der Waals surface area (Å²) in [6.45, 7) is 5.66. The van der Waals surface area contributed by atoms with Crippen molar-refractivity contribution in [2.75, 3.05) is 13.2 Å². The zero-order chi connectivity index (χ0) is 14.4. The average Bonchev–Trinajstić information content (AvgIpc) is 2.46. The molecule has 0 spiro atoms. The molecule has 1 fully saturated rings. The Morgan fingerprint density at radius 3 is 2.70 bits per heavy atom. The van der Waals surface area contributed by atoms with Crippen LogP contribution in [0.15, 0.2) is 18.2 Å². The molecule has 2 nitrogen and oxygen atoms in total. The van der Waals surface area contributed by atoms with Crippen LogP contribution in [0.5, 0.6) is 5.75 Å². The van der Waals surface area contributed by atoms with Crippen LogP contribution in [-0.4, -0.2) is 19.2 Å². The Balaban J connectivity index is 1.93. The summed E-state index contributed by atoms with van der Waals surface area (Å²) >= 11 is 0. The third kappa shape index (κ3) is 4.20. The quantitative estimate of drug-likeness (QED) is 0.847. The number of halogens is 1. The Hall–Kier alpha value is -1.09. The van der Waals surface area contributed by atoms with Crippen LogP contribution in [0, 0.1) is 18.7 Å². The first-order valence-corrected chi connectivity index (χ1v) is 7.83. The molecule has 0 radical (unpaired) electrons. The summed E-state index contributed by atoms with van der Waals surface area (Å²) in [6.07, 6.45) is 6.63. The minimum Gasteiger partial charge on any atom is -0.492 e. The molecule has 1 saturated carbocycles. The van der Waals surface area contributed by atoms with Crippen LogP contribution in [0.25, 0.3) is 0 Å². The van der Waals surface area contributed by atoms with E-state index in [9.17, 15) is 4.39 Å². The Morgan fingerprint density at radius 2 is 2.05 bits per heavy atom. The van der Waals surface area contributed by atoms with E-state index in [1.807, 2.05) is 6.92 Å². The first-order chi connectivity index (χ1) is 9.70. The Labute approximate surface area is 121 Å². The number of likely N-dealkylation sites (N-methyl/N-ethyl adjacent to an activating group) is 1. The van der Waals surface area contributed by atoms with E-state index in [4.69, 9.17) is 4.74 Å². The summed E-state index contributed by atoms with van der Waals surface area (Å²) in [5.74, 6) is 1.31. The van der Waals surface area contributed by atoms with E-state index < -0.39 is 0 Å². The van der Waals surface area contributed by atoms with Gasteiger partial charge in [0, 0.05) is 6.04 Å². The number of benzene rings is 1. The first kappa shape index (κ1) is 15.3. The molecule has 0 aliphatic heterocycles. The lowest BCUT2D eigenvalue weighted by Crippen LogP contribution is -2.41. The van der Waals surface area contributed by atoms with Crippen molar-refractivity contribution in [3.63, 3.8) is 0 Å². The third-order valence-electron chi connectivity index (χ3n) is 4.24. The molecule has 1 aromatic carbocycles. The standard InChI is InChI=1S/C17H26FNO/c1-3-19-16(14-7-5-4-6-8-14)12-20-17-10-9-15(18)11-13(17)2/h9-11,14,16,19H,3-8,12H2,1-2H3. The molecule has 20 heavy (non-hydrogen) atoms. The summed E-state index contributed by atoms with van der Waals surface area (Å²) in [5.41, 5.74) is 0.865. The molecule has 0 bridgehead atoms. The number of ether oxygens (including phenoxy) is 1. The fourth-order valence-corrected chi connectivity index (χ4v) is 3.11. The van der Waals surface area contributed by atoms with Crippen molar-refractivity contribution >= 4 is 0 Å². The maximum atomic E-state index is 13.1. The predicted molar refractivity (Wildman–Crippen MR) is 80.7 cm³/mol. The van der Waals surface area contributed by atoms with Gasteiger partial charge in [-0.15, -0.1) is 0 Å². The van der Waals surface area contributed by atoms with E-state index in [0.717, 1.165) is 17.9 Å². The monoisotopic (exact) mass is 279 g/mol. The van der Waals surface area contributed by atoms with Crippen LogP contribution >= 0.6 is 0 Å². The second-order valence-corrected chi connectivity index (χ2v) is 5.78. The van der Waals surface area contributed by atoms with Gasteiger partial charge < -0.3 is 10.1 Å². The molecule has 0 aromatic heterocycles.